The van der Waals surface area contributed by atoms with Gasteiger partial charge in [-0.25, -0.2) is 0 Å². The van der Waals surface area contributed by atoms with Crippen LogP contribution in [0, 0.1) is 6.92 Å². The number of nitrogens with one attached hydrogen (secondary N) is 1. The van der Waals surface area contributed by atoms with E-state index in [1.807, 2.05) is 42.5 Å². The van der Waals surface area contributed by atoms with E-state index in [2.05, 4.69) is 30.1 Å². The van der Waals surface area contributed by atoms with Crippen molar-refractivity contribution in [2.24, 2.45) is 11.5 Å². The smallest absolute Gasteiger partial charge is 0.250 e. The number of amides is 1. The summed E-state index contributed by atoms with van der Waals surface area (Å²) < 4.78 is 0. The molecule has 0 aliphatic rings. The molecule has 5 N–H and O–H groups in total. The van der Waals surface area contributed by atoms with E-state index in [1.54, 1.807) is 6.07 Å². The Labute approximate surface area is 157 Å². The third-order valence-corrected chi connectivity index (χ3v) is 5.02. The third-order valence-electron chi connectivity index (χ3n) is 5.02. The predicted molar refractivity (Wildman–Crippen MR) is 110 cm³/mol. The van der Waals surface area contributed by atoms with Gasteiger partial charge in [0.1, 0.15) is 0 Å². The SMILES string of the molecule is Cc1ccccc1-c1ccc(C(N)=O)c2[nH]c(-c3ccccc3CN)cc12. The Hall–Kier alpha value is -3.37. The number of nitrogens with two attached hydrogens (primary N) is 2. The number of carbonyl (C=O) groups excluding carboxylic acids is 1. The van der Waals surface area contributed by atoms with Crippen molar-refractivity contribution < 1.29 is 4.79 Å². The van der Waals surface area contributed by atoms with Gasteiger partial charge >= 0.3 is 0 Å². The number of aryl methyl sites for hydroxylation is 1. The molecule has 4 heteroatoms. The number of hydrogen-bond acceptors (Lipinski definition) is 2. The molecule has 0 aliphatic carbocycles. The minimum Gasteiger partial charge on any atom is -0.366 e. The molecule has 1 heterocycles. The largest absolute Gasteiger partial charge is 0.366 e. The Bertz CT molecular complexity index is 1160. The first-order valence-electron chi connectivity index (χ1n) is 8.90. The lowest BCUT2D eigenvalue weighted by molar-refractivity contribution is 0.100. The first kappa shape index (κ1) is 17.1. The number of hydrogen-bond donors (Lipinski definition) is 3. The van der Waals surface area contributed by atoms with Gasteiger partial charge in [-0.3, -0.25) is 4.79 Å². The summed E-state index contributed by atoms with van der Waals surface area (Å²) in [6.07, 6.45) is 0. The van der Waals surface area contributed by atoms with Crippen molar-refractivity contribution in [2.75, 3.05) is 0 Å². The van der Waals surface area contributed by atoms with E-state index in [4.69, 9.17) is 11.5 Å². The zero-order valence-corrected chi connectivity index (χ0v) is 15.1. The molecule has 0 saturated carbocycles. The van der Waals surface area contributed by atoms with Gasteiger partial charge in [0.15, 0.2) is 0 Å². The fourth-order valence-electron chi connectivity index (χ4n) is 3.64. The Kier molecular flexibility index (Phi) is 4.26. The summed E-state index contributed by atoms with van der Waals surface area (Å²) in [5, 5.41) is 0.974. The van der Waals surface area contributed by atoms with Gasteiger partial charge < -0.3 is 16.5 Å². The highest BCUT2D eigenvalue weighted by molar-refractivity contribution is 6.10. The summed E-state index contributed by atoms with van der Waals surface area (Å²) in [4.78, 5) is 15.4. The topological polar surface area (TPSA) is 84.9 Å². The fourth-order valence-corrected chi connectivity index (χ4v) is 3.64. The molecule has 0 saturated heterocycles. The Morgan fingerprint density at radius 1 is 0.926 bits per heavy atom. The van der Waals surface area contributed by atoms with Gasteiger partial charge in [-0.1, -0.05) is 54.6 Å². The molecule has 27 heavy (non-hydrogen) atoms. The molecule has 4 rings (SSSR count). The van der Waals surface area contributed by atoms with Crippen molar-refractivity contribution in [1.82, 2.24) is 4.98 Å². The van der Waals surface area contributed by atoms with Crippen LogP contribution < -0.4 is 11.5 Å². The van der Waals surface area contributed by atoms with E-state index in [0.717, 1.165) is 38.9 Å². The van der Waals surface area contributed by atoms with Crippen molar-refractivity contribution in [1.29, 1.82) is 0 Å². The molecule has 0 fully saturated rings. The van der Waals surface area contributed by atoms with Crippen LogP contribution in [0.4, 0.5) is 0 Å². The van der Waals surface area contributed by atoms with E-state index in [-0.39, 0.29) is 0 Å². The quantitative estimate of drug-likeness (QED) is 0.508. The number of benzene rings is 3. The summed E-state index contributed by atoms with van der Waals surface area (Å²) in [6, 6.07) is 22.1. The van der Waals surface area contributed by atoms with Gasteiger partial charge in [0.05, 0.1) is 11.1 Å². The maximum atomic E-state index is 12.0. The highest BCUT2D eigenvalue weighted by Gasteiger charge is 2.16. The highest BCUT2D eigenvalue weighted by atomic mass is 16.1. The summed E-state index contributed by atoms with van der Waals surface area (Å²) in [7, 11) is 0. The van der Waals surface area contributed by atoms with Crippen LogP contribution in [0.2, 0.25) is 0 Å². The standard InChI is InChI=1S/C23H21N3O/c1-14-6-2-4-8-16(14)18-10-11-19(23(25)27)22-20(18)12-21(26-22)17-9-5-3-7-15(17)13-24/h2-12,26H,13,24H2,1H3,(H2,25,27). The monoisotopic (exact) mass is 355 g/mol. The molecule has 0 radical (unpaired) electrons. The first-order valence-corrected chi connectivity index (χ1v) is 8.90. The second-order valence-electron chi connectivity index (χ2n) is 6.67. The normalized spacial score (nSPS) is 11.0. The van der Waals surface area contributed by atoms with E-state index < -0.39 is 5.91 Å². The van der Waals surface area contributed by atoms with Crippen LogP contribution >= 0.6 is 0 Å². The summed E-state index contributed by atoms with van der Waals surface area (Å²) >= 11 is 0. The van der Waals surface area contributed by atoms with Gasteiger partial charge in [-0.05, 0) is 41.3 Å². The minimum absolute atomic E-state index is 0.443. The molecule has 4 nitrogen and oxygen atoms in total. The summed E-state index contributed by atoms with van der Waals surface area (Å²) in [5.74, 6) is -0.447. The van der Waals surface area contributed by atoms with Crippen molar-refractivity contribution in [3.05, 3.63) is 83.4 Å². The van der Waals surface area contributed by atoms with Crippen LogP contribution in [-0.4, -0.2) is 10.9 Å². The third kappa shape index (κ3) is 2.90. The number of aromatic nitrogens is 1. The van der Waals surface area contributed by atoms with Crippen molar-refractivity contribution in [2.45, 2.75) is 13.5 Å². The number of H-pyrrole nitrogens is 1. The molecular weight excluding hydrogens is 334 g/mol. The average molecular weight is 355 g/mol. The second kappa shape index (κ2) is 6.74. The molecule has 3 aromatic carbocycles. The maximum Gasteiger partial charge on any atom is 0.250 e. The molecule has 1 aromatic heterocycles. The molecule has 0 bridgehead atoms. The van der Waals surface area contributed by atoms with Crippen LogP contribution in [0.15, 0.2) is 66.7 Å². The van der Waals surface area contributed by atoms with Gasteiger partial charge in [-0.2, -0.15) is 0 Å². The van der Waals surface area contributed by atoms with Crippen molar-refractivity contribution >= 4 is 16.8 Å². The van der Waals surface area contributed by atoms with Gasteiger partial charge in [0.2, 0.25) is 0 Å². The summed E-state index contributed by atoms with van der Waals surface area (Å²) in [6.45, 7) is 2.53. The lowest BCUT2D eigenvalue weighted by Crippen LogP contribution is -2.11. The molecular formula is C23H21N3O. The van der Waals surface area contributed by atoms with Crippen LogP contribution in [0.5, 0.6) is 0 Å². The first-order chi connectivity index (χ1) is 13.1. The molecule has 134 valence electrons. The van der Waals surface area contributed by atoms with E-state index in [9.17, 15) is 4.79 Å². The van der Waals surface area contributed by atoms with Gasteiger partial charge in [0, 0.05) is 23.2 Å². The Balaban J connectivity index is 2.03. The minimum atomic E-state index is -0.447. The fraction of sp³-hybridized carbons (Fsp3) is 0.0870. The highest BCUT2D eigenvalue weighted by Crippen LogP contribution is 2.36. The average Bonchev–Trinajstić information content (AvgIpc) is 3.12. The van der Waals surface area contributed by atoms with Crippen LogP contribution in [-0.2, 0) is 6.54 Å². The second-order valence-corrected chi connectivity index (χ2v) is 6.67. The maximum absolute atomic E-state index is 12.0. The van der Waals surface area contributed by atoms with E-state index in [0.29, 0.717) is 12.1 Å². The number of aromatic amines is 1. The van der Waals surface area contributed by atoms with E-state index >= 15 is 0 Å². The zero-order valence-electron chi connectivity index (χ0n) is 15.1. The predicted octanol–water partition coefficient (Wildman–Crippen LogP) is 4.37. The number of primary amides is 1. The lowest BCUT2D eigenvalue weighted by atomic mass is 9.95. The van der Waals surface area contributed by atoms with Crippen molar-refractivity contribution in [3.63, 3.8) is 0 Å². The zero-order chi connectivity index (χ0) is 19.0. The lowest BCUT2D eigenvalue weighted by Gasteiger charge is -2.09. The van der Waals surface area contributed by atoms with E-state index in [1.165, 1.54) is 5.56 Å². The van der Waals surface area contributed by atoms with Crippen LogP contribution in [0.25, 0.3) is 33.3 Å². The summed E-state index contributed by atoms with van der Waals surface area (Å²) in [5.41, 5.74) is 19.2. The number of carbonyl (C=O) groups is 1. The van der Waals surface area contributed by atoms with Crippen molar-refractivity contribution in [3.8, 4) is 22.4 Å². The molecule has 0 unspecified atom stereocenters. The van der Waals surface area contributed by atoms with Gasteiger partial charge in [0.25, 0.3) is 5.91 Å². The molecule has 1 amide bonds. The molecule has 0 atom stereocenters. The molecule has 0 aliphatic heterocycles. The Morgan fingerprint density at radius 2 is 1.63 bits per heavy atom. The number of rotatable bonds is 4. The van der Waals surface area contributed by atoms with Crippen LogP contribution in [0.1, 0.15) is 21.5 Å². The van der Waals surface area contributed by atoms with Gasteiger partial charge in [-0.15, -0.1) is 0 Å². The van der Waals surface area contributed by atoms with Crippen LogP contribution in [0.3, 0.4) is 0 Å². The molecule has 4 aromatic rings. The number of fused-ring (bicyclic) bond motifs is 1. The molecule has 0 spiro atoms. The Morgan fingerprint density at radius 3 is 2.33 bits per heavy atom.